The second-order valence-electron chi connectivity index (χ2n) is 5.24. The highest BCUT2D eigenvalue weighted by Gasteiger charge is 2.16. The van der Waals surface area contributed by atoms with Crippen molar-refractivity contribution in [2.24, 2.45) is 5.10 Å². The number of hydrazone groups is 1. The maximum absolute atomic E-state index is 12.1. The molecule has 8 nitrogen and oxygen atoms in total. The predicted molar refractivity (Wildman–Crippen MR) is 96.9 cm³/mol. The average Bonchev–Trinajstić information content (AvgIpc) is 2.66. The third kappa shape index (κ3) is 4.56. The van der Waals surface area contributed by atoms with Gasteiger partial charge in [0, 0.05) is 17.2 Å². The van der Waals surface area contributed by atoms with Crippen molar-refractivity contribution in [1.82, 2.24) is 5.43 Å². The molecule has 136 valence electrons. The van der Waals surface area contributed by atoms with Crippen molar-refractivity contribution in [2.45, 2.75) is 13.8 Å². The van der Waals surface area contributed by atoms with Crippen LogP contribution in [-0.2, 0) is 0 Å². The van der Waals surface area contributed by atoms with E-state index in [4.69, 9.17) is 9.47 Å². The summed E-state index contributed by atoms with van der Waals surface area (Å²) >= 11 is 0. The fourth-order valence-electron chi connectivity index (χ4n) is 2.17. The summed E-state index contributed by atoms with van der Waals surface area (Å²) in [5, 5.41) is 15.2. The highest BCUT2D eigenvalue weighted by molar-refractivity contribution is 6.01. The maximum atomic E-state index is 12.1. The quantitative estimate of drug-likeness (QED) is 0.466. The lowest BCUT2D eigenvalue weighted by molar-refractivity contribution is -0.385. The predicted octanol–water partition coefficient (Wildman–Crippen LogP) is 3.16. The highest BCUT2D eigenvalue weighted by Crippen LogP contribution is 2.28. The molecule has 0 aliphatic heterocycles. The summed E-state index contributed by atoms with van der Waals surface area (Å²) in [6, 6.07) is 11.1. The van der Waals surface area contributed by atoms with Gasteiger partial charge >= 0.3 is 5.69 Å². The molecule has 0 radical (unpaired) electrons. The van der Waals surface area contributed by atoms with Crippen LogP contribution in [0.1, 0.15) is 29.8 Å². The van der Waals surface area contributed by atoms with Crippen molar-refractivity contribution in [3.8, 4) is 11.5 Å². The molecule has 2 aromatic rings. The van der Waals surface area contributed by atoms with Crippen molar-refractivity contribution in [3.05, 3.63) is 63.7 Å². The number of hydrogen-bond donors (Lipinski definition) is 1. The molecule has 0 spiro atoms. The zero-order valence-electron chi connectivity index (χ0n) is 14.7. The number of ether oxygens (including phenoxy) is 2. The Balaban J connectivity index is 2.16. The van der Waals surface area contributed by atoms with Crippen LogP contribution < -0.4 is 14.9 Å². The summed E-state index contributed by atoms with van der Waals surface area (Å²) in [7, 11) is 1.54. The molecular weight excluding hydrogens is 338 g/mol. The van der Waals surface area contributed by atoms with Crippen molar-refractivity contribution in [2.75, 3.05) is 13.7 Å². The maximum Gasteiger partial charge on any atom is 0.311 e. The number of carbonyl (C=O) groups is 1. The van der Waals surface area contributed by atoms with Crippen molar-refractivity contribution >= 4 is 17.3 Å². The van der Waals surface area contributed by atoms with Gasteiger partial charge in [-0.05, 0) is 50.2 Å². The number of nitrogens with zero attached hydrogens (tertiary/aromatic N) is 2. The van der Waals surface area contributed by atoms with Gasteiger partial charge in [-0.25, -0.2) is 5.43 Å². The van der Waals surface area contributed by atoms with E-state index in [1.165, 1.54) is 12.1 Å². The van der Waals surface area contributed by atoms with E-state index in [-0.39, 0.29) is 11.4 Å². The van der Waals surface area contributed by atoms with E-state index < -0.39 is 10.8 Å². The Bertz CT molecular complexity index is 831. The van der Waals surface area contributed by atoms with E-state index in [1.54, 1.807) is 51.3 Å². The number of amides is 1. The fourth-order valence-corrected chi connectivity index (χ4v) is 2.17. The van der Waals surface area contributed by atoms with Crippen LogP contribution >= 0.6 is 0 Å². The molecular formula is C18H19N3O5. The zero-order valence-corrected chi connectivity index (χ0v) is 14.7. The van der Waals surface area contributed by atoms with Crippen LogP contribution in [0.15, 0.2) is 47.6 Å². The lowest BCUT2D eigenvalue weighted by Crippen LogP contribution is -2.19. The van der Waals surface area contributed by atoms with Gasteiger partial charge in [-0.15, -0.1) is 0 Å². The Hall–Kier alpha value is -3.42. The average molecular weight is 357 g/mol. The molecule has 0 fully saturated rings. The zero-order chi connectivity index (χ0) is 19.1. The van der Waals surface area contributed by atoms with Gasteiger partial charge in [0.05, 0.1) is 24.4 Å². The SMILES string of the molecule is CCOc1ccc(/C(C)=N\NC(=O)c2ccc(OC)cc2)cc1[N+](=O)[O-]. The number of nitro groups is 1. The topological polar surface area (TPSA) is 103 Å². The number of rotatable bonds is 7. The second kappa shape index (κ2) is 8.61. The highest BCUT2D eigenvalue weighted by atomic mass is 16.6. The van der Waals surface area contributed by atoms with Crippen LogP contribution in [0.3, 0.4) is 0 Å². The molecule has 0 atom stereocenters. The Morgan fingerprint density at radius 2 is 1.85 bits per heavy atom. The molecule has 2 rings (SSSR count). The van der Waals surface area contributed by atoms with Gasteiger partial charge in [0.25, 0.3) is 5.91 Å². The van der Waals surface area contributed by atoms with Gasteiger partial charge in [0.1, 0.15) is 5.75 Å². The van der Waals surface area contributed by atoms with Gasteiger partial charge in [0.15, 0.2) is 5.75 Å². The molecule has 26 heavy (non-hydrogen) atoms. The molecule has 0 heterocycles. The van der Waals surface area contributed by atoms with Gasteiger partial charge < -0.3 is 9.47 Å². The minimum Gasteiger partial charge on any atom is -0.497 e. The van der Waals surface area contributed by atoms with E-state index in [1.807, 2.05) is 0 Å². The van der Waals surface area contributed by atoms with Gasteiger partial charge in [-0.3, -0.25) is 14.9 Å². The molecule has 1 N–H and O–H groups in total. The molecule has 2 aromatic carbocycles. The molecule has 1 amide bonds. The third-order valence-corrected chi connectivity index (χ3v) is 3.55. The first-order valence-electron chi connectivity index (χ1n) is 7.86. The van der Waals surface area contributed by atoms with Gasteiger partial charge in [0.2, 0.25) is 0 Å². The van der Waals surface area contributed by atoms with E-state index >= 15 is 0 Å². The minimum absolute atomic E-state index is 0.152. The Morgan fingerprint density at radius 1 is 1.19 bits per heavy atom. The summed E-state index contributed by atoms with van der Waals surface area (Å²) < 4.78 is 10.3. The first-order valence-corrected chi connectivity index (χ1v) is 7.86. The molecule has 0 aliphatic carbocycles. The van der Waals surface area contributed by atoms with E-state index in [0.717, 1.165) is 0 Å². The molecule has 0 unspecified atom stereocenters. The van der Waals surface area contributed by atoms with Gasteiger partial charge in [-0.1, -0.05) is 0 Å². The van der Waals surface area contributed by atoms with E-state index in [9.17, 15) is 14.9 Å². The largest absolute Gasteiger partial charge is 0.497 e. The standard InChI is InChI=1S/C18H19N3O5/c1-4-26-17-10-7-14(11-16(17)21(23)24)12(2)19-20-18(22)13-5-8-15(25-3)9-6-13/h5-11H,4H2,1-3H3,(H,20,22)/b19-12-. The Kier molecular flexibility index (Phi) is 6.26. The second-order valence-corrected chi connectivity index (χ2v) is 5.24. The number of nitrogens with one attached hydrogen (secondary N) is 1. The Labute approximate surface area is 150 Å². The van der Waals surface area contributed by atoms with Crippen LogP contribution in [-0.4, -0.2) is 30.3 Å². The molecule has 0 aliphatic rings. The summed E-state index contributed by atoms with van der Waals surface area (Å²) in [4.78, 5) is 22.8. The van der Waals surface area contributed by atoms with Crippen LogP contribution in [0.2, 0.25) is 0 Å². The molecule has 0 aromatic heterocycles. The van der Waals surface area contributed by atoms with Crippen molar-refractivity contribution < 1.29 is 19.2 Å². The third-order valence-electron chi connectivity index (χ3n) is 3.55. The summed E-state index contributed by atoms with van der Waals surface area (Å²) in [5.41, 5.74) is 3.63. The lowest BCUT2D eigenvalue weighted by Gasteiger charge is -2.07. The summed E-state index contributed by atoms with van der Waals surface area (Å²) in [6.07, 6.45) is 0. The molecule has 0 saturated carbocycles. The number of methoxy groups -OCH3 is 1. The summed E-state index contributed by atoms with van der Waals surface area (Å²) in [6.45, 7) is 3.72. The lowest BCUT2D eigenvalue weighted by atomic mass is 10.1. The van der Waals surface area contributed by atoms with Crippen LogP contribution in [0.5, 0.6) is 11.5 Å². The van der Waals surface area contributed by atoms with Crippen LogP contribution in [0, 0.1) is 10.1 Å². The van der Waals surface area contributed by atoms with E-state index in [2.05, 4.69) is 10.5 Å². The number of carbonyl (C=O) groups excluding carboxylic acids is 1. The van der Waals surface area contributed by atoms with Gasteiger partial charge in [-0.2, -0.15) is 5.10 Å². The summed E-state index contributed by atoms with van der Waals surface area (Å²) in [5.74, 6) is 0.437. The van der Waals surface area contributed by atoms with Crippen LogP contribution in [0.4, 0.5) is 5.69 Å². The smallest absolute Gasteiger partial charge is 0.311 e. The minimum atomic E-state index is -0.516. The number of hydrogen-bond acceptors (Lipinski definition) is 6. The normalized spacial score (nSPS) is 11.0. The Morgan fingerprint density at radius 3 is 2.42 bits per heavy atom. The van der Waals surface area contributed by atoms with Crippen molar-refractivity contribution in [3.63, 3.8) is 0 Å². The number of nitro benzene ring substituents is 1. The molecule has 8 heteroatoms. The monoisotopic (exact) mass is 357 g/mol. The first-order chi connectivity index (χ1) is 12.5. The molecule has 0 saturated heterocycles. The van der Waals surface area contributed by atoms with Crippen LogP contribution in [0.25, 0.3) is 0 Å². The fraction of sp³-hybridized carbons (Fsp3) is 0.222. The van der Waals surface area contributed by atoms with Crippen molar-refractivity contribution in [1.29, 1.82) is 0 Å². The van der Waals surface area contributed by atoms with E-state index in [0.29, 0.717) is 29.2 Å². The first kappa shape index (κ1) is 18.9. The number of benzene rings is 2. The molecule has 0 bridgehead atoms.